The van der Waals surface area contributed by atoms with Crippen molar-refractivity contribution in [1.29, 1.82) is 0 Å². The number of hydrogen-bond acceptors (Lipinski definition) is 4. The van der Waals surface area contributed by atoms with Gasteiger partial charge in [-0.15, -0.1) is 0 Å². The number of benzene rings is 2. The van der Waals surface area contributed by atoms with Crippen molar-refractivity contribution >= 4 is 29.2 Å². The Morgan fingerprint density at radius 3 is 2.57 bits per heavy atom. The number of rotatable bonds is 6. The highest BCUT2D eigenvalue weighted by Gasteiger charge is 2.44. The molecule has 2 heterocycles. The molecule has 1 spiro atoms. The lowest BCUT2D eigenvalue weighted by molar-refractivity contribution is -0.137. The first-order chi connectivity index (χ1) is 14.4. The van der Waals surface area contributed by atoms with Gasteiger partial charge in [-0.05, 0) is 51.1 Å². The summed E-state index contributed by atoms with van der Waals surface area (Å²) in [5.74, 6) is 0.934. The van der Waals surface area contributed by atoms with E-state index in [1.54, 1.807) is 12.1 Å². The first-order valence-corrected chi connectivity index (χ1v) is 10.9. The van der Waals surface area contributed by atoms with Gasteiger partial charge in [0.1, 0.15) is 18.1 Å². The molecular formula is C23H25Cl2NO4. The minimum absolute atomic E-state index is 0.00436. The van der Waals surface area contributed by atoms with E-state index in [1.165, 1.54) is 5.56 Å². The summed E-state index contributed by atoms with van der Waals surface area (Å²) in [6.45, 7) is 5.35. The van der Waals surface area contributed by atoms with E-state index >= 15 is 0 Å². The highest BCUT2D eigenvalue weighted by atomic mass is 35.5. The van der Waals surface area contributed by atoms with E-state index in [0.717, 1.165) is 48.6 Å². The molecule has 0 bridgehead atoms. The lowest BCUT2D eigenvalue weighted by Gasteiger charge is -2.38. The third-order valence-corrected chi connectivity index (χ3v) is 7.02. The van der Waals surface area contributed by atoms with Gasteiger partial charge in [-0.2, -0.15) is 0 Å². The molecule has 0 unspecified atom stereocenters. The van der Waals surface area contributed by atoms with Crippen molar-refractivity contribution in [2.45, 2.75) is 38.2 Å². The summed E-state index contributed by atoms with van der Waals surface area (Å²) in [6, 6.07) is 9.54. The maximum absolute atomic E-state index is 10.8. The Morgan fingerprint density at radius 2 is 1.90 bits per heavy atom. The van der Waals surface area contributed by atoms with Crippen molar-refractivity contribution in [3.05, 3.63) is 57.1 Å². The molecule has 1 saturated heterocycles. The van der Waals surface area contributed by atoms with Gasteiger partial charge in [-0.3, -0.25) is 4.79 Å². The number of likely N-dealkylation sites (tertiary alicyclic amines) is 1. The van der Waals surface area contributed by atoms with Crippen LogP contribution in [0.1, 0.15) is 36.0 Å². The maximum Gasteiger partial charge on any atom is 0.304 e. The third-order valence-electron chi connectivity index (χ3n) is 6.31. The van der Waals surface area contributed by atoms with E-state index in [0.29, 0.717) is 29.8 Å². The smallest absolute Gasteiger partial charge is 0.304 e. The lowest BCUT2D eigenvalue weighted by Crippen LogP contribution is -2.44. The first-order valence-electron chi connectivity index (χ1n) is 10.2. The third kappa shape index (κ3) is 4.11. The Balaban J connectivity index is 1.47. The molecule has 0 atom stereocenters. The molecule has 4 rings (SSSR count). The van der Waals surface area contributed by atoms with Gasteiger partial charge in [-0.1, -0.05) is 35.3 Å². The van der Waals surface area contributed by atoms with Crippen LogP contribution in [0.25, 0.3) is 0 Å². The summed E-state index contributed by atoms with van der Waals surface area (Å²) in [6.07, 6.45) is 2.12. The normalized spacial score (nSPS) is 17.6. The number of ether oxygens (including phenoxy) is 2. The summed E-state index contributed by atoms with van der Waals surface area (Å²) in [7, 11) is 0. The zero-order chi connectivity index (χ0) is 21.3. The molecule has 2 aliphatic rings. The van der Waals surface area contributed by atoms with Gasteiger partial charge in [-0.25, -0.2) is 0 Å². The minimum Gasteiger partial charge on any atom is -0.492 e. The fourth-order valence-electron chi connectivity index (χ4n) is 4.41. The van der Waals surface area contributed by atoms with E-state index in [2.05, 4.69) is 11.0 Å². The quantitative estimate of drug-likeness (QED) is 0.665. The molecule has 0 aliphatic carbocycles. The van der Waals surface area contributed by atoms with E-state index in [-0.39, 0.29) is 11.8 Å². The molecule has 160 valence electrons. The number of hydrogen-bond donors (Lipinski definition) is 1. The molecule has 0 amide bonds. The highest BCUT2D eigenvalue weighted by molar-refractivity contribution is 6.35. The van der Waals surface area contributed by atoms with Gasteiger partial charge in [0.15, 0.2) is 0 Å². The van der Waals surface area contributed by atoms with Crippen LogP contribution in [0, 0.1) is 6.92 Å². The molecule has 1 N–H and O–H groups in total. The fraction of sp³-hybridized carbons (Fsp3) is 0.435. The predicted molar refractivity (Wildman–Crippen MR) is 117 cm³/mol. The van der Waals surface area contributed by atoms with Crippen LogP contribution in [0.15, 0.2) is 30.3 Å². The second-order valence-corrected chi connectivity index (χ2v) is 8.92. The summed E-state index contributed by atoms with van der Waals surface area (Å²) in [5, 5.41) is 10.1. The van der Waals surface area contributed by atoms with Gasteiger partial charge >= 0.3 is 5.97 Å². The Kier molecular flexibility index (Phi) is 6.14. The largest absolute Gasteiger partial charge is 0.492 e. The van der Waals surface area contributed by atoms with Crippen LogP contribution in [0.4, 0.5) is 0 Å². The fourth-order valence-corrected chi connectivity index (χ4v) is 4.92. The van der Waals surface area contributed by atoms with Crippen molar-refractivity contribution in [3.63, 3.8) is 0 Å². The van der Waals surface area contributed by atoms with E-state index in [9.17, 15) is 4.79 Å². The maximum atomic E-state index is 10.8. The number of halogens is 2. The summed E-state index contributed by atoms with van der Waals surface area (Å²) in [5.41, 5.74) is 3.00. The van der Waals surface area contributed by atoms with Crippen LogP contribution in [0.2, 0.25) is 10.0 Å². The molecular weight excluding hydrogens is 425 g/mol. The molecule has 2 aromatic carbocycles. The molecule has 2 aromatic rings. The van der Waals surface area contributed by atoms with Crippen LogP contribution in [0.3, 0.4) is 0 Å². The van der Waals surface area contributed by atoms with E-state index in [1.807, 2.05) is 19.1 Å². The minimum atomic E-state index is -0.744. The molecule has 1 fully saturated rings. The van der Waals surface area contributed by atoms with Gasteiger partial charge in [0, 0.05) is 38.7 Å². The standard InChI is InChI=1S/C23H25Cl2NO4/c1-15-20(29-13-16-18(24)3-2-4-19(16)25)6-5-17-22(15)30-14-23(17)8-11-26(12-9-23)10-7-21(27)28/h2-6H,7-14H2,1H3,(H,27,28). The Bertz CT molecular complexity index is 934. The number of aliphatic carboxylic acids is 1. The average Bonchev–Trinajstić information content (AvgIpc) is 3.07. The molecule has 30 heavy (non-hydrogen) atoms. The monoisotopic (exact) mass is 449 g/mol. The van der Waals surface area contributed by atoms with Gasteiger partial charge < -0.3 is 19.5 Å². The number of carbonyl (C=O) groups is 1. The Hall–Kier alpha value is -1.95. The number of piperidine rings is 1. The topological polar surface area (TPSA) is 59.0 Å². The summed E-state index contributed by atoms with van der Waals surface area (Å²) < 4.78 is 12.2. The number of nitrogens with zero attached hydrogens (tertiary/aromatic N) is 1. The number of carboxylic acids is 1. The molecule has 5 nitrogen and oxygen atoms in total. The number of carboxylic acid groups (broad SMARTS) is 1. The Morgan fingerprint density at radius 1 is 1.20 bits per heavy atom. The summed E-state index contributed by atoms with van der Waals surface area (Å²) in [4.78, 5) is 13.1. The van der Waals surface area contributed by atoms with Crippen molar-refractivity contribution in [2.75, 3.05) is 26.2 Å². The van der Waals surface area contributed by atoms with Gasteiger partial charge in [0.2, 0.25) is 0 Å². The average molecular weight is 450 g/mol. The van der Waals surface area contributed by atoms with Gasteiger partial charge in [0.25, 0.3) is 0 Å². The van der Waals surface area contributed by atoms with Crippen molar-refractivity contribution in [1.82, 2.24) is 4.90 Å². The highest BCUT2D eigenvalue weighted by Crippen LogP contribution is 2.49. The van der Waals surface area contributed by atoms with Gasteiger partial charge in [0.05, 0.1) is 13.0 Å². The molecule has 0 radical (unpaired) electrons. The zero-order valence-corrected chi connectivity index (χ0v) is 18.4. The Labute approximate surface area is 186 Å². The predicted octanol–water partition coefficient (Wildman–Crippen LogP) is 5.08. The number of fused-ring (bicyclic) bond motifs is 2. The molecule has 0 aromatic heterocycles. The van der Waals surface area contributed by atoms with Crippen LogP contribution < -0.4 is 9.47 Å². The van der Waals surface area contributed by atoms with E-state index < -0.39 is 5.97 Å². The van der Waals surface area contributed by atoms with Crippen LogP contribution in [0.5, 0.6) is 11.5 Å². The first kappa shape index (κ1) is 21.3. The molecule has 0 saturated carbocycles. The van der Waals surface area contributed by atoms with Crippen molar-refractivity contribution in [2.24, 2.45) is 0 Å². The second kappa shape index (κ2) is 8.66. The summed E-state index contributed by atoms with van der Waals surface area (Å²) >= 11 is 12.5. The van der Waals surface area contributed by atoms with Crippen LogP contribution in [-0.2, 0) is 16.8 Å². The van der Waals surface area contributed by atoms with E-state index in [4.69, 9.17) is 37.8 Å². The zero-order valence-electron chi connectivity index (χ0n) is 16.9. The molecule has 7 heteroatoms. The molecule has 2 aliphatic heterocycles. The van der Waals surface area contributed by atoms with Crippen LogP contribution in [-0.4, -0.2) is 42.2 Å². The SMILES string of the molecule is Cc1c(OCc2c(Cl)cccc2Cl)ccc2c1OCC21CCN(CCC(=O)O)CC1. The van der Waals surface area contributed by atoms with Crippen LogP contribution >= 0.6 is 23.2 Å². The van der Waals surface area contributed by atoms with Crippen molar-refractivity contribution in [3.8, 4) is 11.5 Å². The second-order valence-electron chi connectivity index (χ2n) is 8.11. The lowest BCUT2D eigenvalue weighted by atomic mass is 9.74. The van der Waals surface area contributed by atoms with Crippen molar-refractivity contribution < 1.29 is 19.4 Å².